The highest BCUT2D eigenvalue weighted by molar-refractivity contribution is 6.30. The molecule has 2 rings (SSSR count). The Morgan fingerprint density at radius 3 is 2.75 bits per heavy atom. The minimum Gasteiger partial charge on any atom is -0.384 e. The van der Waals surface area contributed by atoms with Crippen LogP contribution in [0.4, 0.5) is 10.1 Å². The number of rotatable bonds is 4. The first kappa shape index (κ1) is 14.4. The van der Waals surface area contributed by atoms with Crippen LogP contribution in [0.3, 0.4) is 0 Å². The van der Waals surface area contributed by atoms with Crippen LogP contribution in [0.5, 0.6) is 0 Å². The van der Waals surface area contributed by atoms with Gasteiger partial charge in [0.05, 0.1) is 11.3 Å². The highest BCUT2D eigenvalue weighted by atomic mass is 35.5. The Morgan fingerprint density at radius 2 is 2.05 bits per heavy atom. The molecule has 102 valence electrons. The van der Waals surface area contributed by atoms with E-state index in [0.29, 0.717) is 17.1 Å². The van der Waals surface area contributed by atoms with Gasteiger partial charge in [-0.15, -0.1) is 0 Å². The van der Waals surface area contributed by atoms with E-state index in [0.717, 1.165) is 23.2 Å². The lowest BCUT2D eigenvalue weighted by molar-refractivity contribution is 0.625. The average Bonchev–Trinajstić information content (AvgIpc) is 2.41. The number of nitriles is 1. The summed E-state index contributed by atoms with van der Waals surface area (Å²) in [4.78, 5) is 0. The van der Waals surface area contributed by atoms with Crippen LogP contribution in [0.15, 0.2) is 36.4 Å². The van der Waals surface area contributed by atoms with E-state index in [2.05, 4.69) is 11.4 Å². The first-order valence-electron chi connectivity index (χ1n) is 6.28. The van der Waals surface area contributed by atoms with E-state index in [9.17, 15) is 4.39 Å². The van der Waals surface area contributed by atoms with Crippen molar-refractivity contribution in [1.29, 1.82) is 5.26 Å². The molecular weight excluding hydrogens is 275 g/mol. The summed E-state index contributed by atoms with van der Waals surface area (Å²) in [6.07, 6.45) is 0.753. The molecule has 0 saturated carbocycles. The third-order valence-corrected chi connectivity index (χ3v) is 3.35. The van der Waals surface area contributed by atoms with E-state index in [-0.39, 0.29) is 5.82 Å². The Bertz CT molecular complexity index is 662. The van der Waals surface area contributed by atoms with E-state index < -0.39 is 0 Å². The van der Waals surface area contributed by atoms with Crippen molar-refractivity contribution >= 4 is 17.3 Å². The molecule has 0 saturated heterocycles. The van der Waals surface area contributed by atoms with E-state index in [4.69, 9.17) is 16.9 Å². The molecule has 0 spiro atoms. The summed E-state index contributed by atoms with van der Waals surface area (Å²) >= 11 is 5.92. The normalized spacial score (nSPS) is 10.1. The molecule has 0 fully saturated rings. The van der Waals surface area contributed by atoms with Crippen LogP contribution in [0, 0.1) is 24.1 Å². The Balaban J connectivity index is 2.03. The molecule has 0 unspecified atom stereocenters. The lowest BCUT2D eigenvalue weighted by Gasteiger charge is -2.10. The Morgan fingerprint density at radius 1 is 1.25 bits per heavy atom. The molecule has 0 aliphatic rings. The monoisotopic (exact) mass is 288 g/mol. The largest absolute Gasteiger partial charge is 0.384 e. The van der Waals surface area contributed by atoms with Crippen LogP contribution >= 0.6 is 11.6 Å². The Hall–Kier alpha value is -2.05. The van der Waals surface area contributed by atoms with Gasteiger partial charge < -0.3 is 5.32 Å². The van der Waals surface area contributed by atoms with E-state index in [1.54, 1.807) is 24.3 Å². The quantitative estimate of drug-likeness (QED) is 0.910. The lowest BCUT2D eigenvalue weighted by atomic mass is 10.1. The first-order valence-corrected chi connectivity index (χ1v) is 6.66. The zero-order valence-corrected chi connectivity index (χ0v) is 11.8. The van der Waals surface area contributed by atoms with Gasteiger partial charge in [-0.25, -0.2) is 4.39 Å². The number of nitrogens with one attached hydrogen (secondary N) is 1. The fourth-order valence-electron chi connectivity index (χ4n) is 2.03. The van der Waals surface area contributed by atoms with E-state index in [1.807, 2.05) is 6.92 Å². The summed E-state index contributed by atoms with van der Waals surface area (Å²) in [6, 6.07) is 12.0. The third kappa shape index (κ3) is 3.49. The van der Waals surface area contributed by atoms with Gasteiger partial charge in [-0.1, -0.05) is 17.7 Å². The fourth-order valence-corrected chi connectivity index (χ4v) is 2.20. The van der Waals surface area contributed by atoms with Crippen molar-refractivity contribution in [3.8, 4) is 6.07 Å². The maximum Gasteiger partial charge on any atom is 0.123 e. The molecule has 20 heavy (non-hydrogen) atoms. The topological polar surface area (TPSA) is 35.8 Å². The second kappa shape index (κ2) is 6.40. The maximum absolute atomic E-state index is 13.0. The number of hydrogen-bond acceptors (Lipinski definition) is 2. The summed E-state index contributed by atoms with van der Waals surface area (Å²) in [5, 5.41) is 12.8. The SMILES string of the molecule is Cc1cc(F)ccc1CCNc1cc(Cl)ccc1C#N. The fraction of sp³-hybridized carbons (Fsp3) is 0.188. The van der Waals surface area contributed by atoms with Crippen molar-refractivity contribution in [1.82, 2.24) is 0 Å². The highest BCUT2D eigenvalue weighted by Crippen LogP contribution is 2.20. The zero-order chi connectivity index (χ0) is 14.5. The summed E-state index contributed by atoms with van der Waals surface area (Å²) in [7, 11) is 0. The molecule has 0 heterocycles. The van der Waals surface area contributed by atoms with E-state index >= 15 is 0 Å². The Kier molecular flexibility index (Phi) is 4.60. The van der Waals surface area contributed by atoms with Crippen LogP contribution in [0.2, 0.25) is 5.02 Å². The third-order valence-electron chi connectivity index (χ3n) is 3.12. The molecule has 0 bridgehead atoms. The standard InChI is InChI=1S/C16H14ClFN2/c1-11-8-15(18)5-3-12(11)6-7-20-16-9-14(17)4-2-13(16)10-19/h2-5,8-9,20H,6-7H2,1H3. The Labute approximate surface area is 122 Å². The molecule has 0 aliphatic heterocycles. The predicted octanol–water partition coefficient (Wildman–Crippen LogP) is 4.31. The molecule has 0 aliphatic carbocycles. The van der Waals surface area contributed by atoms with Crippen LogP contribution in [-0.2, 0) is 6.42 Å². The van der Waals surface area contributed by atoms with Crippen LogP contribution in [-0.4, -0.2) is 6.54 Å². The minimum absolute atomic E-state index is 0.221. The van der Waals surface area contributed by atoms with Crippen molar-refractivity contribution in [2.45, 2.75) is 13.3 Å². The number of benzene rings is 2. The molecule has 0 amide bonds. The molecule has 0 radical (unpaired) electrons. The van der Waals surface area contributed by atoms with Gasteiger partial charge in [0.1, 0.15) is 11.9 Å². The van der Waals surface area contributed by atoms with Gasteiger partial charge in [0.25, 0.3) is 0 Å². The van der Waals surface area contributed by atoms with Crippen LogP contribution < -0.4 is 5.32 Å². The summed E-state index contributed by atoms with van der Waals surface area (Å²) in [5.74, 6) is -0.221. The van der Waals surface area contributed by atoms with Gasteiger partial charge >= 0.3 is 0 Å². The molecule has 0 atom stereocenters. The van der Waals surface area contributed by atoms with Crippen molar-refractivity contribution in [3.63, 3.8) is 0 Å². The highest BCUT2D eigenvalue weighted by Gasteiger charge is 2.04. The lowest BCUT2D eigenvalue weighted by Crippen LogP contribution is -2.07. The molecule has 2 aromatic rings. The smallest absolute Gasteiger partial charge is 0.123 e. The van der Waals surface area contributed by atoms with Gasteiger partial charge in [0.2, 0.25) is 0 Å². The van der Waals surface area contributed by atoms with Gasteiger partial charge in [-0.05, 0) is 54.8 Å². The summed E-state index contributed by atoms with van der Waals surface area (Å²) < 4.78 is 13.0. The number of hydrogen-bond donors (Lipinski definition) is 1. The van der Waals surface area contributed by atoms with Crippen molar-refractivity contribution in [2.24, 2.45) is 0 Å². The summed E-state index contributed by atoms with van der Waals surface area (Å²) in [6.45, 7) is 2.54. The van der Waals surface area contributed by atoms with Gasteiger partial charge in [0.15, 0.2) is 0 Å². The molecule has 0 aromatic heterocycles. The first-order chi connectivity index (χ1) is 9.60. The maximum atomic E-state index is 13.0. The number of halogens is 2. The molecule has 2 nitrogen and oxygen atoms in total. The van der Waals surface area contributed by atoms with Crippen LogP contribution in [0.1, 0.15) is 16.7 Å². The average molecular weight is 289 g/mol. The molecule has 2 aromatic carbocycles. The van der Waals surface area contributed by atoms with Crippen molar-refractivity contribution in [3.05, 3.63) is 63.9 Å². The van der Waals surface area contributed by atoms with Gasteiger partial charge in [-0.2, -0.15) is 5.26 Å². The van der Waals surface area contributed by atoms with E-state index in [1.165, 1.54) is 12.1 Å². The second-order valence-corrected chi connectivity index (χ2v) is 4.99. The predicted molar refractivity (Wildman–Crippen MR) is 79.5 cm³/mol. The van der Waals surface area contributed by atoms with Crippen molar-refractivity contribution < 1.29 is 4.39 Å². The van der Waals surface area contributed by atoms with Crippen LogP contribution in [0.25, 0.3) is 0 Å². The summed E-state index contributed by atoms with van der Waals surface area (Å²) in [5.41, 5.74) is 3.29. The van der Waals surface area contributed by atoms with Gasteiger partial charge in [-0.3, -0.25) is 0 Å². The second-order valence-electron chi connectivity index (χ2n) is 4.55. The zero-order valence-electron chi connectivity index (χ0n) is 11.1. The minimum atomic E-state index is -0.221. The van der Waals surface area contributed by atoms with Crippen molar-refractivity contribution in [2.75, 3.05) is 11.9 Å². The molecular formula is C16H14ClFN2. The molecule has 4 heteroatoms. The number of nitrogens with zero attached hydrogens (tertiary/aromatic N) is 1. The number of aryl methyl sites for hydroxylation is 1. The number of anilines is 1. The molecule has 1 N–H and O–H groups in total. The van der Waals surface area contributed by atoms with Gasteiger partial charge in [0, 0.05) is 11.6 Å².